The van der Waals surface area contributed by atoms with Crippen molar-refractivity contribution >= 4 is 27.5 Å². The van der Waals surface area contributed by atoms with E-state index in [2.05, 4.69) is 30.6 Å². The maximum atomic E-state index is 5.50. The Morgan fingerprint density at radius 3 is 2.57 bits per heavy atom. The Morgan fingerprint density at radius 2 is 2.00 bits per heavy atom. The fraction of sp³-hybridized carbons (Fsp3) is 0.111. The molecule has 0 atom stereocenters. The molecule has 2 rings (SSSR count). The van der Waals surface area contributed by atoms with Crippen molar-refractivity contribution in [2.75, 3.05) is 0 Å². The number of halogens is 2. The van der Waals surface area contributed by atoms with Gasteiger partial charge < -0.3 is 4.52 Å². The molecule has 0 spiro atoms. The molecule has 72 valence electrons. The number of nitrogens with zero attached hydrogens (tertiary/aromatic N) is 2. The number of benzene rings is 1. The highest BCUT2D eigenvalue weighted by atomic mass is 79.9. The lowest BCUT2D eigenvalue weighted by molar-refractivity contribution is 0.413. The van der Waals surface area contributed by atoms with E-state index in [1.807, 2.05) is 24.3 Å². The topological polar surface area (TPSA) is 38.9 Å². The van der Waals surface area contributed by atoms with E-state index >= 15 is 0 Å². The first-order valence-corrected chi connectivity index (χ1v) is 5.13. The van der Waals surface area contributed by atoms with E-state index in [4.69, 9.17) is 11.6 Å². The molecule has 14 heavy (non-hydrogen) atoms. The van der Waals surface area contributed by atoms with Crippen molar-refractivity contribution in [1.82, 2.24) is 10.1 Å². The smallest absolute Gasteiger partial charge is 0.320 e. The summed E-state index contributed by atoms with van der Waals surface area (Å²) in [5, 5.41) is 3.78. The molecule has 0 saturated heterocycles. The molecule has 2 aromatic rings. The molecule has 1 aromatic carbocycles. The lowest BCUT2D eigenvalue weighted by Crippen LogP contribution is -1.89. The van der Waals surface area contributed by atoms with E-state index in [9.17, 15) is 0 Å². The van der Waals surface area contributed by atoms with E-state index in [1.54, 1.807) is 0 Å². The third-order valence-corrected chi connectivity index (χ3v) is 2.40. The summed E-state index contributed by atoms with van der Waals surface area (Å²) in [6.45, 7) is 0. The molecule has 5 heteroatoms. The zero-order valence-corrected chi connectivity index (χ0v) is 9.42. The normalized spacial score (nSPS) is 10.4. The predicted molar refractivity (Wildman–Crippen MR) is 56.3 cm³/mol. The monoisotopic (exact) mass is 272 g/mol. The Labute approximate surface area is 94.2 Å². The van der Waals surface area contributed by atoms with Gasteiger partial charge in [-0.05, 0) is 29.3 Å². The van der Waals surface area contributed by atoms with Crippen molar-refractivity contribution in [3.63, 3.8) is 0 Å². The molecule has 0 amide bonds. The van der Waals surface area contributed by atoms with Crippen LogP contribution in [0.4, 0.5) is 0 Å². The summed E-state index contributed by atoms with van der Waals surface area (Å²) < 4.78 is 5.70. The molecule has 0 N–H and O–H groups in total. The van der Waals surface area contributed by atoms with Gasteiger partial charge >= 0.3 is 5.35 Å². The predicted octanol–water partition coefficient (Wildman–Crippen LogP) is 3.08. The standard InChI is InChI=1S/C9H6BrClN2O/c10-7-3-1-6(2-4-7)5-8-12-9(11)14-13-8/h1-4H,5H2. The van der Waals surface area contributed by atoms with Crippen LogP contribution in [0.3, 0.4) is 0 Å². The Kier molecular flexibility index (Phi) is 2.84. The Bertz CT molecular complexity index is 427. The van der Waals surface area contributed by atoms with E-state index in [0.717, 1.165) is 10.0 Å². The van der Waals surface area contributed by atoms with Crippen LogP contribution < -0.4 is 0 Å². The highest BCUT2D eigenvalue weighted by molar-refractivity contribution is 9.10. The molecule has 3 nitrogen and oxygen atoms in total. The fourth-order valence-electron chi connectivity index (χ4n) is 1.09. The van der Waals surface area contributed by atoms with Gasteiger partial charge in [0.25, 0.3) is 0 Å². The first-order chi connectivity index (χ1) is 6.74. The highest BCUT2D eigenvalue weighted by Crippen LogP contribution is 2.13. The van der Waals surface area contributed by atoms with Crippen LogP contribution in [-0.4, -0.2) is 10.1 Å². The van der Waals surface area contributed by atoms with Crippen molar-refractivity contribution in [1.29, 1.82) is 0 Å². The zero-order valence-electron chi connectivity index (χ0n) is 7.08. The van der Waals surface area contributed by atoms with Gasteiger partial charge in [0.05, 0.1) is 0 Å². The molecule has 0 saturated carbocycles. The molecule has 0 radical (unpaired) electrons. The second-order valence-corrected chi connectivity index (χ2v) is 4.01. The molecule has 0 aliphatic rings. The van der Waals surface area contributed by atoms with Gasteiger partial charge in [0, 0.05) is 10.9 Å². The molecule has 0 fully saturated rings. The average Bonchev–Trinajstić information content (AvgIpc) is 2.56. The van der Waals surface area contributed by atoms with Gasteiger partial charge in [0.15, 0.2) is 5.82 Å². The van der Waals surface area contributed by atoms with Gasteiger partial charge in [-0.3, -0.25) is 0 Å². The molecule has 1 heterocycles. The van der Waals surface area contributed by atoms with Gasteiger partial charge in [0.2, 0.25) is 0 Å². The van der Waals surface area contributed by atoms with Crippen LogP contribution in [0.2, 0.25) is 5.35 Å². The number of rotatable bonds is 2. The molecule has 0 bridgehead atoms. The number of hydrogen-bond donors (Lipinski definition) is 0. The summed E-state index contributed by atoms with van der Waals surface area (Å²) in [4.78, 5) is 3.90. The van der Waals surface area contributed by atoms with Crippen LogP contribution in [0.1, 0.15) is 11.4 Å². The molecule has 0 aliphatic carbocycles. The lowest BCUT2D eigenvalue weighted by atomic mass is 10.1. The van der Waals surface area contributed by atoms with Gasteiger partial charge in [-0.1, -0.05) is 33.2 Å². The third-order valence-electron chi connectivity index (χ3n) is 1.72. The molecular formula is C9H6BrClN2O. The van der Waals surface area contributed by atoms with Gasteiger partial charge in [-0.2, -0.15) is 4.98 Å². The number of hydrogen-bond acceptors (Lipinski definition) is 3. The Balaban J connectivity index is 2.15. The first-order valence-electron chi connectivity index (χ1n) is 3.96. The van der Waals surface area contributed by atoms with Crippen molar-refractivity contribution in [2.24, 2.45) is 0 Å². The molecule has 0 aliphatic heterocycles. The summed E-state index contributed by atoms with van der Waals surface area (Å²) in [5.74, 6) is 0.595. The van der Waals surface area contributed by atoms with Gasteiger partial charge in [-0.15, -0.1) is 0 Å². The van der Waals surface area contributed by atoms with Gasteiger partial charge in [0.1, 0.15) is 0 Å². The van der Waals surface area contributed by atoms with Crippen LogP contribution >= 0.6 is 27.5 Å². The van der Waals surface area contributed by atoms with Crippen LogP contribution in [0.5, 0.6) is 0 Å². The Hall–Kier alpha value is -0.870. The largest absolute Gasteiger partial charge is 0.321 e. The summed E-state index contributed by atoms with van der Waals surface area (Å²) in [6, 6.07) is 7.93. The summed E-state index contributed by atoms with van der Waals surface area (Å²) in [7, 11) is 0. The average molecular weight is 274 g/mol. The minimum atomic E-state index is 0.0807. The first kappa shape index (κ1) is 9.68. The van der Waals surface area contributed by atoms with Crippen LogP contribution in [0.25, 0.3) is 0 Å². The van der Waals surface area contributed by atoms with Crippen LogP contribution in [0, 0.1) is 0 Å². The highest BCUT2D eigenvalue weighted by Gasteiger charge is 2.04. The zero-order chi connectivity index (χ0) is 9.97. The van der Waals surface area contributed by atoms with Gasteiger partial charge in [-0.25, -0.2) is 0 Å². The minimum absolute atomic E-state index is 0.0807. The fourth-order valence-corrected chi connectivity index (χ4v) is 1.49. The molecule has 0 unspecified atom stereocenters. The third kappa shape index (κ3) is 2.33. The molecule has 1 aromatic heterocycles. The number of aromatic nitrogens is 2. The van der Waals surface area contributed by atoms with Crippen molar-refractivity contribution in [3.05, 3.63) is 45.5 Å². The Morgan fingerprint density at radius 1 is 1.29 bits per heavy atom. The van der Waals surface area contributed by atoms with Crippen molar-refractivity contribution in [2.45, 2.75) is 6.42 Å². The van der Waals surface area contributed by atoms with Crippen molar-refractivity contribution < 1.29 is 4.52 Å². The quantitative estimate of drug-likeness (QED) is 0.844. The summed E-state index contributed by atoms with van der Waals surface area (Å²) in [6.07, 6.45) is 0.628. The summed E-state index contributed by atoms with van der Waals surface area (Å²) in [5.41, 5.74) is 1.12. The van der Waals surface area contributed by atoms with Crippen LogP contribution in [-0.2, 0) is 6.42 Å². The lowest BCUT2D eigenvalue weighted by Gasteiger charge is -1.95. The SMILES string of the molecule is Clc1nc(Cc2ccc(Br)cc2)no1. The van der Waals surface area contributed by atoms with E-state index < -0.39 is 0 Å². The second-order valence-electron chi connectivity index (χ2n) is 2.77. The van der Waals surface area contributed by atoms with E-state index in [1.165, 1.54) is 0 Å². The molecular weight excluding hydrogens is 267 g/mol. The summed E-state index contributed by atoms with van der Waals surface area (Å²) >= 11 is 8.87. The second kappa shape index (κ2) is 4.11. The maximum Gasteiger partial charge on any atom is 0.320 e. The van der Waals surface area contributed by atoms with Crippen molar-refractivity contribution in [3.8, 4) is 0 Å². The van der Waals surface area contributed by atoms with Crippen LogP contribution in [0.15, 0.2) is 33.3 Å². The van der Waals surface area contributed by atoms with E-state index in [0.29, 0.717) is 12.2 Å². The maximum absolute atomic E-state index is 5.50. The minimum Gasteiger partial charge on any atom is -0.321 e. The van der Waals surface area contributed by atoms with E-state index in [-0.39, 0.29) is 5.35 Å².